The minimum atomic E-state index is -1.63. The summed E-state index contributed by atoms with van der Waals surface area (Å²) in [4.78, 5) is 7.97. The summed E-state index contributed by atoms with van der Waals surface area (Å²) in [5, 5.41) is 32.8. The Hall–Kier alpha value is -2.34. The first-order valence-electron chi connectivity index (χ1n) is 6.46. The molecular formula is C11H17N7O4. The number of aliphatic hydroxyl groups is 3. The number of imidazole rings is 1. The number of aliphatic hydroxyl groups excluding tert-OH is 3. The van der Waals surface area contributed by atoms with E-state index in [0.717, 1.165) is 0 Å². The van der Waals surface area contributed by atoms with Crippen molar-refractivity contribution in [1.29, 1.82) is 0 Å². The molecule has 0 unspecified atom stereocenters. The van der Waals surface area contributed by atoms with E-state index in [1.54, 1.807) is 0 Å². The van der Waals surface area contributed by atoms with E-state index in [1.807, 2.05) is 0 Å². The Bertz CT molecular complexity index is 757. The van der Waals surface area contributed by atoms with E-state index in [2.05, 4.69) is 15.3 Å². The molecule has 3 heterocycles. The zero-order valence-electron chi connectivity index (χ0n) is 11.5. The fourth-order valence-corrected chi connectivity index (χ4v) is 2.62. The van der Waals surface area contributed by atoms with Crippen molar-refractivity contribution in [2.75, 3.05) is 13.2 Å². The SMILES string of the molecule is NC1=NC(N)=c2ncn([C@@]3(CO)OC[C@H](O)[C@@H]3O)c2=C(N)N1. The predicted octanol–water partition coefficient (Wildman–Crippen LogP) is -5.75. The first kappa shape index (κ1) is 14.6. The van der Waals surface area contributed by atoms with Crippen LogP contribution in [0.1, 0.15) is 0 Å². The summed E-state index contributed by atoms with van der Waals surface area (Å²) >= 11 is 0. The van der Waals surface area contributed by atoms with Gasteiger partial charge in [-0.15, -0.1) is 0 Å². The Balaban J connectivity index is 2.30. The number of nitrogens with one attached hydrogen (secondary N) is 1. The molecule has 0 saturated carbocycles. The molecule has 3 atom stereocenters. The standard InChI is InChI=1S/C11H17N7O4/c12-8-5-6(9(13)17-10(14)16-8)18(3-15-5)11(2-19)7(21)4(20)1-22-11/h3-4,7,19-21H,1-2,12-13H2,(H3,14,16,17)/t4-,7-,11-/m0/s1. The van der Waals surface area contributed by atoms with E-state index in [-0.39, 0.29) is 34.9 Å². The number of aliphatic imine (C=N–C) groups is 1. The molecule has 0 aliphatic carbocycles. The quantitative estimate of drug-likeness (QED) is 0.279. The van der Waals surface area contributed by atoms with Gasteiger partial charge in [-0.2, -0.15) is 4.99 Å². The molecule has 1 fully saturated rings. The molecule has 10 N–H and O–H groups in total. The monoisotopic (exact) mass is 311 g/mol. The van der Waals surface area contributed by atoms with E-state index in [4.69, 9.17) is 21.9 Å². The Morgan fingerprint density at radius 1 is 1.41 bits per heavy atom. The second-order valence-corrected chi connectivity index (χ2v) is 5.06. The highest BCUT2D eigenvalue weighted by atomic mass is 16.6. The van der Waals surface area contributed by atoms with E-state index in [9.17, 15) is 15.3 Å². The minimum absolute atomic E-state index is 0.0142. The van der Waals surface area contributed by atoms with E-state index >= 15 is 0 Å². The first-order chi connectivity index (χ1) is 10.4. The molecule has 3 rings (SSSR count). The Labute approximate surface area is 124 Å². The van der Waals surface area contributed by atoms with E-state index in [0.29, 0.717) is 0 Å². The summed E-state index contributed by atoms with van der Waals surface area (Å²) in [5.41, 5.74) is 15.7. The van der Waals surface area contributed by atoms with Crippen LogP contribution in [0.4, 0.5) is 0 Å². The molecule has 0 amide bonds. The molecule has 120 valence electrons. The lowest BCUT2D eigenvalue weighted by Gasteiger charge is -2.31. The molecule has 1 aromatic heterocycles. The number of hydrogen-bond donors (Lipinski definition) is 7. The molecule has 11 nitrogen and oxygen atoms in total. The molecule has 22 heavy (non-hydrogen) atoms. The number of fused-ring (bicyclic) bond motifs is 1. The van der Waals surface area contributed by atoms with Crippen LogP contribution in [0.15, 0.2) is 11.3 Å². The molecule has 11 heteroatoms. The van der Waals surface area contributed by atoms with Gasteiger partial charge in [0.2, 0.25) is 5.96 Å². The molecule has 1 aromatic rings. The van der Waals surface area contributed by atoms with Crippen molar-refractivity contribution in [2.24, 2.45) is 22.2 Å². The highest BCUT2D eigenvalue weighted by Gasteiger charge is 2.51. The smallest absolute Gasteiger partial charge is 0.201 e. The maximum Gasteiger partial charge on any atom is 0.201 e. The molecule has 0 spiro atoms. The van der Waals surface area contributed by atoms with Gasteiger partial charge >= 0.3 is 0 Å². The Morgan fingerprint density at radius 3 is 2.73 bits per heavy atom. The first-order valence-corrected chi connectivity index (χ1v) is 6.46. The summed E-state index contributed by atoms with van der Waals surface area (Å²) in [6, 6.07) is 0. The van der Waals surface area contributed by atoms with Crippen LogP contribution in [0, 0.1) is 0 Å². The average Bonchev–Trinajstić information content (AvgIpc) is 3.00. The van der Waals surface area contributed by atoms with Crippen molar-refractivity contribution in [3.63, 3.8) is 0 Å². The van der Waals surface area contributed by atoms with Gasteiger partial charge in [0.05, 0.1) is 19.5 Å². The van der Waals surface area contributed by atoms with Crippen LogP contribution in [-0.4, -0.2) is 56.3 Å². The van der Waals surface area contributed by atoms with Gasteiger partial charge in [0.1, 0.15) is 28.7 Å². The van der Waals surface area contributed by atoms with Crippen LogP contribution in [-0.2, 0) is 10.5 Å². The zero-order chi connectivity index (χ0) is 16.1. The number of rotatable bonds is 2. The molecule has 2 aliphatic heterocycles. The summed E-state index contributed by atoms with van der Waals surface area (Å²) in [6.07, 6.45) is -1.25. The molecule has 0 bridgehead atoms. The fourth-order valence-electron chi connectivity index (χ4n) is 2.62. The Morgan fingerprint density at radius 2 is 2.14 bits per heavy atom. The predicted molar refractivity (Wildman–Crippen MR) is 74.5 cm³/mol. The number of ether oxygens (including phenoxy) is 1. The van der Waals surface area contributed by atoms with E-state index < -0.39 is 24.5 Å². The summed E-state index contributed by atoms with van der Waals surface area (Å²) in [5.74, 6) is 0.0602. The Kier molecular flexibility index (Phi) is 3.21. The van der Waals surface area contributed by atoms with Gasteiger partial charge in [-0.25, -0.2) is 4.98 Å². The van der Waals surface area contributed by atoms with Crippen molar-refractivity contribution in [3.8, 4) is 0 Å². The summed E-state index contributed by atoms with van der Waals surface area (Å²) in [7, 11) is 0. The second kappa shape index (κ2) is 4.84. The second-order valence-electron chi connectivity index (χ2n) is 5.06. The zero-order valence-corrected chi connectivity index (χ0v) is 11.5. The maximum atomic E-state index is 10.2. The lowest BCUT2D eigenvalue weighted by atomic mass is 10.1. The summed E-state index contributed by atoms with van der Waals surface area (Å²) < 4.78 is 6.75. The average molecular weight is 311 g/mol. The lowest BCUT2D eigenvalue weighted by Crippen LogP contribution is -2.55. The molecule has 2 aliphatic rings. The third kappa shape index (κ3) is 1.84. The highest BCUT2D eigenvalue weighted by Crippen LogP contribution is 2.29. The molecular weight excluding hydrogens is 294 g/mol. The van der Waals surface area contributed by atoms with Crippen molar-refractivity contribution in [3.05, 3.63) is 17.0 Å². The number of nitrogens with zero attached hydrogens (tertiary/aromatic N) is 3. The molecule has 0 radical (unpaired) electrons. The number of guanidine groups is 1. The van der Waals surface area contributed by atoms with Crippen molar-refractivity contribution in [1.82, 2.24) is 14.9 Å². The lowest BCUT2D eigenvalue weighted by molar-refractivity contribution is -0.153. The van der Waals surface area contributed by atoms with Gasteiger partial charge in [-0.3, -0.25) is 4.57 Å². The van der Waals surface area contributed by atoms with Crippen LogP contribution >= 0.6 is 0 Å². The fraction of sp³-hybridized carbons (Fsp3) is 0.455. The van der Waals surface area contributed by atoms with Crippen LogP contribution < -0.4 is 33.2 Å². The van der Waals surface area contributed by atoms with Crippen LogP contribution in [0.3, 0.4) is 0 Å². The normalized spacial score (nSPS) is 31.5. The maximum absolute atomic E-state index is 10.2. The van der Waals surface area contributed by atoms with Gasteiger partial charge in [-0.1, -0.05) is 0 Å². The van der Waals surface area contributed by atoms with Crippen molar-refractivity contribution < 1.29 is 20.1 Å². The van der Waals surface area contributed by atoms with Crippen molar-refractivity contribution in [2.45, 2.75) is 17.9 Å². The van der Waals surface area contributed by atoms with Crippen molar-refractivity contribution >= 4 is 17.6 Å². The summed E-state index contributed by atoms with van der Waals surface area (Å²) in [6.45, 7) is -0.766. The topological polar surface area (TPSA) is 190 Å². The third-order valence-corrected chi connectivity index (χ3v) is 3.73. The van der Waals surface area contributed by atoms with Crippen LogP contribution in [0.5, 0.6) is 0 Å². The minimum Gasteiger partial charge on any atom is -0.391 e. The van der Waals surface area contributed by atoms with E-state index in [1.165, 1.54) is 10.9 Å². The van der Waals surface area contributed by atoms with Gasteiger partial charge in [-0.05, 0) is 0 Å². The highest BCUT2D eigenvalue weighted by molar-refractivity contribution is 5.87. The third-order valence-electron chi connectivity index (χ3n) is 3.73. The van der Waals surface area contributed by atoms with Crippen LogP contribution in [0.25, 0.3) is 11.6 Å². The van der Waals surface area contributed by atoms with Gasteiger partial charge < -0.3 is 42.6 Å². The van der Waals surface area contributed by atoms with Gasteiger partial charge in [0.25, 0.3) is 0 Å². The van der Waals surface area contributed by atoms with Crippen LogP contribution in [0.2, 0.25) is 0 Å². The number of nitrogens with two attached hydrogens (primary N) is 3. The van der Waals surface area contributed by atoms with Gasteiger partial charge in [0, 0.05) is 0 Å². The number of hydrogen-bond acceptors (Lipinski definition) is 10. The molecule has 1 saturated heterocycles. The molecule has 0 aromatic carbocycles. The van der Waals surface area contributed by atoms with Gasteiger partial charge in [0.15, 0.2) is 11.5 Å². The number of aromatic nitrogens is 2. The largest absolute Gasteiger partial charge is 0.391 e.